The summed E-state index contributed by atoms with van der Waals surface area (Å²) < 4.78 is 36.9. The Labute approximate surface area is 202 Å². The SMILES string of the molecule is CCCCCOC(=O)C1=C(C)NC(C)=C(C(=O)OCCCCC)C1c1cnc(S(C)(=O)=O)n1C. The van der Waals surface area contributed by atoms with Crippen molar-refractivity contribution < 1.29 is 27.5 Å². The van der Waals surface area contributed by atoms with Gasteiger partial charge in [-0.25, -0.2) is 23.0 Å². The molecular formula is C24H37N3O6S. The van der Waals surface area contributed by atoms with Crippen LogP contribution in [0.3, 0.4) is 0 Å². The van der Waals surface area contributed by atoms with E-state index >= 15 is 0 Å². The summed E-state index contributed by atoms with van der Waals surface area (Å²) in [7, 11) is -2.07. The third kappa shape index (κ3) is 6.49. The van der Waals surface area contributed by atoms with Crippen LogP contribution in [-0.4, -0.2) is 49.4 Å². The molecule has 190 valence electrons. The maximum atomic E-state index is 13.2. The highest BCUT2D eigenvalue weighted by molar-refractivity contribution is 7.90. The lowest BCUT2D eigenvalue weighted by atomic mass is 9.83. The second-order valence-corrected chi connectivity index (χ2v) is 10.5. The maximum Gasteiger partial charge on any atom is 0.336 e. The Morgan fingerprint density at radius 1 is 0.971 bits per heavy atom. The molecule has 1 aromatic rings. The van der Waals surface area contributed by atoms with Crippen molar-refractivity contribution in [3.8, 4) is 0 Å². The van der Waals surface area contributed by atoms with Gasteiger partial charge in [0.15, 0.2) is 0 Å². The number of rotatable bonds is 12. The minimum absolute atomic E-state index is 0.150. The summed E-state index contributed by atoms with van der Waals surface area (Å²) in [6, 6.07) is 0. The molecule has 0 saturated carbocycles. The lowest BCUT2D eigenvalue weighted by Gasteiger charge is -2.30. The Balaban J connectivity index is 2.52. The molecule has 0 aromatic carbocycles. The molecule has 34 heavy (non-hydrogen) atoms. The average molecular weight is 496 g/mol. The number of aromatic nitrogens is 2. The van der Waals surface area contributed by atoms with E-state index in [1.54, 1.807) is 20.9 Å². The standard InChI is InChI=1S/C24H37N3O6S/c1-7-9-11-13-32-22(28)19-16(3)26-17(4)20(23(29)33-14-12-10-8-2)21(19)18-15-25-24(27(18)5)34(6,30)31/h15,21,26H,7-14H2,1-6H3. The molecule has 0 fully saturated rings. The number of dihydropyridines is 1. The summed E-state index contributed by atoms with van der Waals surface area (Å²) in [5, 5.41) is 2.96. The van der Waals surface area contributed by atoms with Gasteiger partial charge in [0.25, 0.3) is 0 Å². The van der Waals surface area contributed by atoms with E-state index in [1.165, 1.54) is 10.8 Å². The molecule has 2 heterocycles. The van der Waals surface area contributed by atoms with Crippen molar-refractivity contribution in [3.63, 3.8) is 0 Å². The molecule has 2 rings (SSSR count). The number of carbonyl (C=O) groups is 2. The van der Waals surface area contributed by atoms with Crippen molar-refractivity contribution >= 4 is 21.8 Å². The van der Waals surface area contributed by atoms with Crippen molar-refractivity contribution in [1.29, 1.82) is 0 Å². The fourth-order valence-electron chi connectivity index (χ4n) is 4.04. The number of esters is 2. The van der Waals surface area contributed by atoms with Crippen LogP contribution in [0.2, 0.25) is 0 Å². The first-order valence-electron chi connectivity index (χ1n) is 11.8. The predicted molar refractivity (Wildman–Crippen MR) is 129 cm³/mol. The Kier molecular flexibility index (Phi) is 9.90. The molecule has 1 aliphatic rings. The molecule has 1 aromatic heterocycles. The highest BCUT2D eigenvalue weighted by atomic mass is 32.2. The summed E-state index contributed by atoms with van der Waals surface area (Å²) >= 11 is 0. The van der Waals surface area contributed by atoms with Crippen molar-refractivity contribution in [1.82, 2.24) is 14.9 Å². The van der Waals surface area contributed by atoms with Crippen molar-refractivity contribution in [2.75, 3.05) is 19.5 Å². The normalized spacial score (nSPS) is 14.9. The van der Waals surface area contributed by atoms with Crippen LogP contribution in [0.25, 0.3) is 0 Å². The van der Waals surface area contributed by atoms with Crippen LogP contribution in [0.15, 0.2) is 33.9 Å². The molecule has 0 bridgehead atoms. The third-order valence-electron chi connectivity index (χ3n) is 5.77. The number of sulfone groups is 1. The quantitative estimate of drug-likeness (QED) is 0.346. The molecule has 1 N–H and O–H groups in total. The van der Waals surface area contributed by atoms with Crippen LogP contribution >= 0.6 is 0 Å². The number of unbranched alkanes of at least 4 members (excludes halogenated alkanes) is 4. The van der Waals surface area contributed by atoms with Crippen molar-refractivity contribution in [2.24, 2.45) is 7.05 Å². The molecular weight excluding hydrogens is 458 g/mol. The highest BCUT2D eigenvalue weighted by Crippen LogP contribution is 2.39. The van der Waals surface area contributed by atoms with E-state index in [4.69, 9.17) is 9.47 Å². The minimum Gasteiger partial charge on any atom is -0.462 e. The van der Waals surface area contributed by atoms with Crippen molar-refractivity contribution in [2.45, 2.75) is 77.3 Å². The lowest BCUT2D eigenvalue weighted by Crippen LogP contribution is -2.33. The molecule has 1 aliphatic heterocycles. The second kappa shape index (κ2) is 12.2. The summed E-state index contributed by atoms with van der Waals surface area (Å²) in [6.45, 7) is 8.10. The third-order valence-corrected chi connectivity index (χ3v) is 6.81. The van der Waals surface area contributed by atoms with Gasteiger partial charge in [0, 0.05) is 24.7 Å². The van der Waals surface area contributed by atoms with Gasteiger partial charge in [-0.2, -0.15) is 0 Å². The Morgan fingerprint density at radius 3 is 1.82 bits per heavy atom. The molecule has 9 nitrogen and oxygen atoms in total. The molecule has 10 heteroatoms. The number of imidazole rings is 1. The first kappa shape index (κ1) is 27.6. The number of ether oxygens (including phenoxy) is 2. The maximum absolute atomic E-state index is 13.2. The van der Waals surface area contributed by atoms with Gasteiger partial charge < -0.3 is 19.4 Å². The lowest BCUT2D eigenvalue weighted by molar-refractivity contribution is -0.140. The zero-order valence-electron chi connectivity index (χ0n) is 21.1. The zero-order valence-corrected chi connectivity index (χ0v) is 21.9. The van der Waals surface area contributed by atoms with Crippen molar-refractivity contribution in [3.05, 3.63) is 34.4 Å². The molecule has 0 atom stereocenters. The topological polar surface area (TPSA) is 117 Å². The van der Waals surface area contributed by atoms with Gasteiger partial charge in [0.05, 0.1) is 42.2 Å². The first-order chi connectivity index (χ1) is 16.0. The molecule has 0 radical (unpaired) electrons. The van der Waals surface area contributed by atoms with E-state index in [9.17, 15) is 18.0 Å². The van der Waals surface area contributed by atoms with Gasteiger partial charge in [0.1, 0.15) is 0 Å². The highest BCUT2D eigenvalue weighted by Gasteiger charge is 2.40. The Bertz CT molecular complexity index is 1020. The van der Waals surface area contributed by atoms with Gasteiger partial charge in [0.2, 0.25) is 15.0 Å². The Hall–Kier alpha value is -2.62. The van der Waals surface area contributed by atoms with Crippen LogP contribution in [-0.2, 0) is 35.9 Å². The van der Waals surface area contributed by atoms with E-state index in [0.29, 0.717) is 17.1 Å². The number of carbonyl (C=O) groups excluding carboxylic acids is 2. The van der Waals surface area contributed by atoms with Gasteiger partial charge in [-0.1, -0.05) is 39.5 Å². The molecule has 0 aliphatic carbocycles. The van der Waals surface area contributed by atoms with E-state index in [-0.39, 0.29) is 29.5 Å². The number of nitrogens with one attached hydrogen (secondary N) is 1. The average Bonchev–Trinajstić information content (AvgIpc) is 3.15. The number of hydrogen-bond donors (Lipinski definition) is 1. The first-order valence-corrected chi connectivity index (χ1v) is 13.7. The van der Waals surface area contributed by atoms with E-state index in [1.807, 2.05) is 0 Å². The van der Waals surface area contributed by atoms with Crippen LogP contribution in [0, 0.1) is 0 Å². The fourth-order valence-corrected chi connectivity index (χ4v) is 4.88. The summed E-state index contributed by atoms with van der Waals surface area (Å²) in [5.41, 5.74) is 1.94. The monoisotopic (exact) mass is 495 g/mol. The summed E-state index contributed by atoms with van der Waals surface area (Å²) in [5.74, 6) is -2.00. The van der Waals surface area contributed by atoms with Crippen LogP contribution in [0.1, 0.15) is 77.8 Å². The van der Waals surface area contributed by atoms with Gasteiger partial charge in [-0.3, -0.25) is 0 Å². The smallest absolute Gasteiger partial charge is 0.336 e. The number of nitrogens with zero attached hydrogens (tertiary/aromatic N) is 2. The van der Waals surface area contributed by atoms with E-state index in [2.05, 4.69) is 24.1 Å². The van der Waals surface area contributed by atoms with Gasteiger partial charge in [-0.15, -0.1) is 0 Å². The van der Waals surface area contributed by atoms with Gasteiger partial charge >= 0.3 is 11.9 Å². The minimum atomic E-state index is -3.62. The van der Waals surface area contributed by atoms with Crippen LogP contribution in [0.5, 0.6) is 0 Å². The van der Waals surface area contributed by atoms with Gasteiger partial charge in [-0.05, 0) is 26.7 Å². The molecule has 0 saturated heterocycles. The predicted octanol–water partition coefficient (Wildman–Crippen LogP) is 3.53. The van der Waals surface area contributed by atoms with Crippen LogP contribution in [0.4, 0.5) is 0 Å². The largest absolute Gasteiger partial charge is 0.462 e. The Morgan fingerprint density at radius 2 is 1.44 bits per heavy atom. The second-order valence-electron chi connectivity index (χ2n) is 8.62. The molecule has 0 unspecified atom stereocenters. The zero-order chi connectivity index (χ0) is 25.5. The summed E-state index contributed by atoms with van der Waals surface area (Å²) in [6.07, 6.45) is 7.76. The molecule has 0 amide bonds. The van der Waals surface area contributed by atoms with Crippen LogP contribution < -0.4 is 5.32 Å². The summed E-state index contributed by atoms with van der Waals surface area (Å²) in [4.78, 5) is 30.5. The number of allylic oxidation sites excluding steroid dienone is 2. The molecule has 0 spiro atoms. The van der Waals surface area contributed by atoms with E-state index < -0.39 is 27.7 Å². The fraction of sp³-hybridized carbons (Fsp3) is 0.625. The van der Waals surface area contributed by atoms with E-state index in [0.717, 1.165) is 44.8 Å². The number of hydrogen-bond acceptors (Lipinski definition) is 8.